The quantitative estimate of drug-likeness (QED) is 0.587. The summed E-state index contributed by atoms with van der Waals surface area (Å²) in [6.45, 7) is 3.64. The maximum absolute atomic E-state index is 11.3. The van der Waals surface area contributed by atoms with E-state index in [1.54, 1.807) is 25.1 Å². The molecule has 1 aromatic rings. The van der Waals surface area contributed by atoms with E-state index in [0.29, 0.717) is 5.76 Å². The van der Waals surface area contributed by atoms with Gasteiger partial charge in [-0.2, -0.15) is 5.10 Å². The van der Waals surface area contributed by atoms with Crippen molar-refractivity contribution in [2.75, 3.05) is 0 Å². The largest absolute Gasteiger partial charge is 0.456 e. The molecule has 1 rings (SSSR count). The number of carbonyl (C=O) groups excluding carboxylic acids is 1. The predicted octanol–water partition coefficient (Wildman–Crippen LogP) is 1.88. The van der Waals surface area contributed by atoms with Crippen molar-refractivity contribution >= 4 is 12.1 Å². The lowest BCUT2D eigenvalue weighted by atomic mass is 10.4. The third-order valence-corrected chi connectivity index (χ3v) is 1.48. The second kappa shape index (κ2) is 5.01. The summed E-state index contributed by atoms with van der Waals surface area (Å²) < 4.78 is 5.10. The van der Waals surface area contributed by atoms with Gasteiger partial charge in [0, 0.05) is 6.21 Å². The number of amides is 1. The third kappa shape index (κ3) is 2.90. The summed E-state index contributed by atoms with van der Waals surface area (Å²) in [5.74, 6) is 0.617. The molecule has 4 nitrogen and oxygen atoms in total. The highest BCUT2D eigenvalue weighted by molar-refractivity contribution is 5.91. The average Bonchev–Trinajstić information content (AvgIpc) is 2.59. The lowest BCUT2D eigenvalue weighted by Gasteiger charge is -1.93. The summed E-state index contributed by atoms with van der Waals surface area (Å²) in [5.41, 5.74) is 2.33. The van der Waals surface area contributed by atoms with E-state index in [9.17, 15) is 4.79 Å². The molecule has 0 aliphatic heterocycles. The van der Waals surface area contributed by atoms with Crippen LogP contribution in [0.3, 0.4) is 0 Å². The monoisotopic (exact) mass is 192 g/mol. The Morgan fingerprint density at radius 3 is 2.93 bits per heavy atom. The van der Waals surface area contributed by atoms with Gasteiger partial charge in [0.25, 0.3) is 0 Å². The number of hydrogen-bond donors (Lipinski definition) is 1. The van der Waals surface area contributed by atoms with Gasteiger partial charge in [-0.05, 0) is 32.1 Å². The smallest absolute Gasteiger partial charge is 0.307 e. The van der Waals surface area contributed by atoms with Gasteiger partial charge in [-0.15, -0.1) is 0 Å². The van der Waals surface area contributed by atoms with Crippen LogP contribution in [0, 0.1) is 6.92 Å². The van der Waals surface area contributed by atoms with E-state index in [1.165, 1.54) is 6.21 Å². The molecule has 0 radical (unpaired) electrons. The first-order valence-corrected chi connectivity index (χ1v) is 4.25. The summed E-state index contributed by atoms with van der Waals surface area (Å²) in [4.78, 5) is 11.3. The van der Waals surface area contributed by atoms with Crippen LogP contribution in [0.4, 0.5) is 0 Å². The number of allylic oxidation sites excluding steroid dienone is 2. The number of nitrogens with one attached hydrogen (secondary N) is 1. The first-order chi connectivity index (χ1) is 6.74. The molecule has 0 fully saturated rings. The van der Waals surface area contributed by atoms with Crippen LogP contribution < -0.4 is 5.43 Å². The van der Waals surface area contributed by atoms with Crippen molar-refractivity contribution in [3.8, 4) is 0 Å². The number of hydrogen-bond acceptors (Lipinski definition) is 3. The van der Waals surface area contributed by atoms with E-state index < -0.39 is 0 Å². The number of aryl methyl sites for hydroxylation is 1. The van der Waals surface area contributed by atoms with Gasteiger partial charge in [0.15, 0.2) is 5.76 Å². The minimum atomic E-state index is -0.348. The molecule has 0 aromatic carbocycles. The van der Waals surface area contributed by atoms with Crippen molar-refractivity contribution in [1.82, 2.24) is 5.43 Å². The van der Waals surface area contributed by atoms with E-state index in [-0.39, 0.29) is 11.7 Å². The molecule has 0 unspecified atom stereocenters. The second-order valence-corrected chi connectivity index (χ2v) is 2.66. The molecule has 74 valence electrons. The molecule has 0 aliphatic carbocycles. The van der Waals surface area contributed by atoms with Crippen molar-refractivity contribution < 1.29 is 9.21 Å². The first-order valence-electron chi connectivity index (χ1n) is 4.25. The molecule has 14 heavy (non-hydrogen) atoms. The van der Waals surface area contributed by atoms with Crippen molar-refractivity contribution in [2.45, 2.75) is 13.8 Å². The fourth-order valence-electron chi connectivity index (χ4n) is 0.837. The molecule has 0 bridgehead atoms. The lowest BCUT2D eigenvalue weighted by Crippen LogP contribution is -2.16. The van der Waals surface area contributed by atoms with Gasteiger partial charge in [0.1, 0.15) is 5.76 Å². The van der Waals surface area contributed by atoms with Crippen molar-refractivity contribution in [3.05, 3.63) is 35.8 Å². The van der Waals surface area contributed by atoms with Crippen molar-refractivity contribution in [2.24, 2.45) is 5.10 Å². The summed E-state index contributed by atoms with van der Waals surface area (Å²) in [6, 6.07) is 3.33. The predicted molar refractivity (Wildman–Crippen MR) is 54.2 cm³/mol. The van der Waals surface area contributed by atoms with Gasteiger partial charge < -0.3 is 4.42 Å². The van der Waals surface area contributed by atoms with Crippen LogP contribution in [0.1, 0.15) is 23.2 Å². The molecule has 0 saturated heterocycles. The molecule has 0 saturated carbocycles. The second-order valence-electron chi connectivity index (χ2n) is 2.66. The van der Waals surface area contributed by atoms with Gasteiger partial charge >= 0.3 is 5.91 Å². The zero-order valence-electron chi connectivity index (χ0n) is 8.15. The Labute approximate surface area is 82.3 Å². The van der Waals surface area contributed by atoms with Crippen LogP contribution in [-0.2, 0) is 0 Å². The number of hydrazone groups is 1. The number of rotatable bonds is 3. The topological polar surface area (TPSA) is 54.6 Å². The van der Waals surface area contributed by atoms with E-state index in [2.05, 4.69) is 10.5 Å². The van der Waals surface area contributed by atoms with Gasteiger partial charge in [0.2, 0.25) is 0 Å². The van der Waals surface area contributed by atoms with Gasteiger partial charge in [-0.3, -0.25) is 4.79 Å². The van der Waals surface area contributed by atoms with Gasteiger partial charge in [-0.25, -0.2) is 5.43 Å². The number of furan rings is 1. The fraction of sp³-hybridized carbons (Fsp3) is 0.200. The summed E-state index contributed by atoms with van der Waals surface area (Å²) in [6.07, 6.45) is 5.02. The highest BCUT2D eigenvalue weighted by Gasteiger charge is 2.07. The third-order valence-electron chi connectivity index (χ3n) is 1.48. The SMILES string of the molecule is CC=CC=NNC(=O)c1ccc(C)o1. The Kier molecular flexibility index (Phi) is 3.67. The van der Waals surface area contributed by atoms with E-state index >= 15 is 0 Å². The van der Waals surface area contributed by atoms with Crippen LogP contribution in [0.5, 0.6) is 0 Å². The Bertz CT molecular complexity index is 364. The maximum Gasteiger partial charge on any atom is 0.307 e. The van der Waals surface area contributed by atoms with E-state index in [0.717, 1.165) is 0 Å². The standard InChI is InChI=1S/C10H12N2O2/c1-3-4-7-11-12-10(13)9-6-5-8(2)14-9/h3-7H,1-2H3,(H,12,13). The van der Waals surface area contributed by atoms with Crippen LogP contribution in [0.2, 0.25) is 0 Å². The molecular formula is C10H12N2O2. The minimum Gasteiger partial charge on any atom is -0.456 e. The molecular weight excluding hydrogens is 180 g/mol. The zero-order chi connectivity index (χ0) is 10.4. The van der Waals surface area contributed by atoms with Gasteiger partial charge in [0.05, 0.1) is 0 Å². The van der Waals surface area contributed by atoms with Gasteiger partial charge in [-0.1, -0.05) is 6.08 Å². The lowest BCUT2D eigenvalue weighted by molar-refractivity contribution is 0.0926. The molecule has 1 heterocycles. The molecule has 0 aliphatic rings. The normalized spacial score (nSPS) is 11.3. The molecule has 1 amide bonds. The molecule has 0 spiro atoms. The molecule has 0 atom stereocenters. The molecule has 1 aromatic heterocycles. The summed E-state index contributed by atoms with van der Waals surface area (Å²) in [7, 11) is 0. The average molecular weight is 192 g/mol. The van der Waals surface area contributed by atoms with Crippen LogP contribution in [0.25, 0.3) is 0 Å². The van der Waals surface area contributed by atoms with Crippen molar-refractivity contribution in [3.63, 3.8) is 0 Å². The highest BCUT2D eigenvalue weighted by atomic mass is 16.3. The van der Waals surface area contributed by atoms with Crippen LogP contribution >= 0.6 is 0 Å². The van der Waals surface area contributed by atoms with E-state index in [1.807, 2.05) is 13.0 Å². The van der Waals surface area contributed by atoms with E-state index in [4.69, 9.17) is 4.42 Å². The highest BCUT2D eigenvalue weighted by Crippen LogP contribution is 2.05. The molecule has 4 heteroatoms. The number of carbonyl (C=O) groups is 1. The Hall–Kier alpha value is -1.84. The Morgan fingerprint density at radius 1 is 1.57 bits per heavy atom. The maximum atomic E-state index is 11.3. The zero-order valence-corrected chi connectivity index (χ0v) is 8.15. The first kappa shape index (κ1) is 10.2. The fourth-order valence-corrected chi connectivity index (χ4v) is 0.837. The number of nitrogens with zero attached hydrogens (tertiary/aromatic N) is 1. The minimum absolute atomic E-state index is 0.264. The summed E-state index contributed by atoms with van der Waals surface area (Å²) in [5, 5.41) is 3.68. The van der Waals surface area contributed by atoms with Crippen molar-refractivity contribution in [1.29, 1.82) is 0 Å². The summed E-state index contributed by atoms with van der Waals surface area (Å²) >= 11 is 0. The Morgan fingerprint density at radius 2 is 2.36 bits per heavy atom. The Balaban J connectivity index is 2.51. The van der Waals surface area contributed by atoms with Crippen LogP contribution in [0.15, 0.2) is 33.8 Å². The molecule has 1 N–H and O–H groups in total. The van der Waals surface area contributed by atoms with Crippen LogP contribution in [-0.4, -0.2) is 12.1 Å².